The average Bonchev–Trinajstić information content (AvgIpc) is 2.21. The van der Waals surface area contributed by atoms with Crippen LogP contribution in [0.4, 0.5) is 0 Å². The second kappa shape index (κ2) is 3.21. The highest BCUT2D eigenvalue weighted by atomic mass is 15.2. The highest BCUT2D eigenvalue weighted by Gasteiger charge is 2.52. The molecule has 3 heterocycles. The van der Waals surface area contributed by atoms with Crippen LogP contribution in [0.3, 0.4) is 0 Å². The van der Waals surface area contributed by atoms with Crippen LogP contribution in [-0.2, 0) is 0 Å². The van der Waals surface area contributed by atoms with Crippen molar-refractivity contribution >= 4 is 0 Å². The molecule has 4 atom stereocenters. The van der Waals surface area contributed by atoms with Gasteiger partial charge in [-0.3, -0.25) is 0 Å². The Morgan fingerprint density at radius 2 is 2.21 bits per heavy atom. The first-order valence-electron chi connectivity index (χ1n) is 6.46. The van der Waals surface area contributed by atoms with Crippen LogP contribution < -0.4 is 10.2 Å². The number of nitrogens with two attached hydrogens (primary N) is 1. The van der Waals surface area contributed by atoms with Crippen molar-refractivity contribution in [3.8, 4) is 0 Å². The van der Waals surface area contributed by atoms with E-state index in [2.05, 4.69) is 12.2 Å². The molecular weight excluding hydrogens is 172 g/mol. The van der Waals surface area contributed by atoms with E-state index in [0.717, 1.165) is 11.8 Å². The molecule has 2 heteroatoms. The molecule has 0 aromatic rings. The SMILES string of the molecule is C[C@@]12CCCC[NH+]1C[C@H]1C[NH2+]C[C@@H]2C1. The molecule has 0 aromatic carbocycles. The van der Waals surface area contributed by atoms with Crippen molar-refractivity contribution in [1.29, 1.82) is 0 Å². The zero-order valence-corrected chi connectivity index (χ0v) is 9.39. The van der Waals surface area contributed by atoms with E-state index < -0.39 is 0 Å². The van der Waals surface area contributed by atoms with Crippen LogP contribution in [0.2, 0.25) is 0 Å². The van der Waals surface area contributed by atoms with Crippen LogP contribution in [0.1, 0.15) is 32.6 Å². The lowest BCUT2D eigenvalue weighted by atomic mass is 9.68. The predicted molar refractivity (Wildman–Crippen MR) is 56.2 cm³/mol. The second-order valence-corrected chi connectivity index (χ2v) is 5.99. The molecule has 14 heavy (non-hydrogen) atoms. The fraction of sp³-hybridized carbons (Fsp3) is 1.00. The fourth-order valence-corrected chi connectivity index (χ4v) is 4.28. The third kappa shape index (κ3) is 1.24. The zero-order chi connectivity index (χ0) is 9.60. The number of nitrogens with one attached hydrogen (secondary N) is 1. The van der Waals surface area contributed by atoms with E-state index in [-0.39, 0.29) is 0 Å². The number of rotatable bonds is 0. The highest BCUT2D eigenvalue weighted by Crippen LogP contribution is 2.31. The Morgan fingerprint density at radius 1 is 1.29 bits per heavy atom. The minimum absolute atomic E-state index is 0.658. The lowest BCUT2D eigenvalue weighted by Crippen LogP contribution is -3.24. The number of hydrogen-bond donors (Lipinski definition) is 2. The Labute approximate surface area is 87.0 Å². The maximum atomic E-state index is 2.58. The van der Waals surface area contributed by atoms with E-state index in [4.69, 9.17) is 0 Å². The smallest absolute Gasteiger partial charge is 0.103 e. The van der Waals surface area contributed by atoms with Gasteiger partial charge in [-0.05, 0) is 26.2 Å². The van der Waals surface area contributed by atoms with Crippen LogP contribution in [0, 0.1) is 11.8 Å². The summed E-state index contributed by atoms with van der Waals surface area (Å²) in [5, 5.41) is 2.58. The van der Waals surface area contributed by atoms with Crippen LogP contribution in [-0.4, -0.2) is 31.7 Å². The number of fused-ring (bicyclic) bond motifs is 4. The van der Waals surface area contributed by atoms with Crippen LogP contribution in [0.5, 0.6) is 0 Å². The first-order chi connectivity index (χ1) is 6.79. The van der Waals surface area contributed by atoms with Gasteiger partial charge in [-0.25, -0.2) is 0 Å². The summed E-state index contributed by atoms with van der Waals surface area (Å²) in [4.78, 5) is 1.96. The first kappa shape index (κ1) is 9.17. The molecule has 0 spiro atoms. The standard InChI is InChI=1S/C12H22N2/c1-12-4-2-3-5-14(12)9-10-6-11(12)8-13-7-10/h10-11,13H,2-9H2,1H3/p+2/t10-,11+,12+/m1/s1. The molecule has 0 amide bonds. The molecule has 80 valence electrons. The van der Waals surface area contributed by atoms with Crippen molar-refractivity contribution in [3.63, 3.8) is 0 Å². The Kier molecular flexibility index (Phi) is 2.10. The molecule has 0 radical (unpaired) electrons. The summed E-state index contributed by atoms with van der Waals surface area (Å²) in [6, 6.07) is 0. The third-order valence-corrected chi connectivity index (χ3v) is 5.24. The maximum absolute atomic E-state index is 2.58. The van der Waals surface area contributed by atoms with Gasteiger partial charge in [0.15, 0.2) is 0 Å². The largest absolute Gasteiger partial charge is 0.345 e. The lowest BCUT2D eigenvalue weighted by Gasteiger charge is -2.52. The van der Waals surface area contributed by atoms with Crippen molar-refractivity contribution in [1.82, 2.24) is 0 Å². The number of hydrogen-bond acceptors (Lipinski definition) is 0. The number of piperidine rings is 3. The van der Waals surface area contributed by atoms with Gasteiger partial charge < -0.3 is 10.2 Å². The van der Waals surface area contributed by atoms with E-state index in [1.165, 1.54) is 51.9 Å². The molecular formula is C12H24N2+2. The summed E-state index contributed by atoms with van der Waals surface area (Å²) in [6.07, 6.45) is 6.00. The number of quaternary nitrogens is 2. The highest BCUT2D eigenvalue weighted by molar-refractivity contribution is 4.90. The molecule has 3 saturated heterocycles. The molecule has 3 N–H and O–H groups in total. The van der Waals surface area contributed by atoms with Gasteiger partial charge in [-0.1, -0.05) is 0 Å². The zero-order valence-electron chi connectivity index (χ0n) is 9.39. The summed E-state index contributed by atoms with van der Waals surface area (Å²) < 4.78 is 0. The molecule has 0 aromatic heterocycles. The minimum atomic E-state index is 0.658. The quantitative estimate of drug-likeness (QED) is 0.497. The van der Waals surface area contributed by atoms with Gasteiger partial charge >= 0.3 is 0 Å². The van der Waals surface area contributed by atoms with Crippen molar-refractivity contribution < 1.29 is 10.2 Å². The van der Waals surface area contributed by atoms with E-state index in [1.807, 2.05) is 4.90 Å². The summed E-state index contributed by atoms with van der Waals surface area (Å²) in [7, 11) is 0. The summed E-state index contributed by atoms with van der Waals surface area (Å²) in [6.45, 7) is 8.33. The molecule has 3 fully saturated rings. The van der Waals surface area contributed by atoms with Gasteiger partial charge in [-0.15, -0.1) is 0 Å². The first-order valence-corrected chi connectivity index (χ1v) is 6.46. The van der Waals surface area contributed by atoms with Crippen molar-refractivity contribution in [2.24, 2.45) is 11.8 Å². The Hall–Kier alpha value is -0.0800. The molecule has 0 saturated carbocycles. The monoisotopic (exact) mass is 196 g/mol. The molecule has 2 bridgehead atoms. The maximum Gasteiger partial charge on any atom is 0.103 e. The van der Waals surface area contributed by atoms with E-state index >= 15 is 0 Å². The third-order valence-electron chi connectivity index (χ3n) is 5.24. The molecule has 3 aliphatic heterocycles. The summed E-state index contributed by atoms with van der Waals surface area (Å²) in [5.41, 5.74) is 0.658. The van der Waals surface area contributed by atoms with Gasteiger partial charge in [0.05, 0.1) is 38.0 Å². The topological polar surface area (TPSA) is 21.1 Å². The summed E-state index contributed by atoms with van der Waals surface area (Å²) in [5.74, 6) is 2.06. The van der Waals surface area contributed by atoms with Crippen LogP contribution in [0.25, 0.3) is 0 Å². The van der Waals surface area contributed by atoms with E-state index in [0.29, 0.717) is 5.54 Å². The van der Waals surface area contributed by atoms with Crippen molar-refractivity contribution in [2.75, 3.05) is 26.2 Å². The molecule has 3 aliphatic rings. The second-order valence-electron chi connectivity index (χ2n) is 5.99. The van der Waals surface area contributed by atoms with E-state index in [9.17, 15) is 0 Å². The molecule has 0 aliphatic carbocycles. The summed E-state index contributed by atoms with van der Waals surface area (Å²) >= 11 is 0. The normalized spacial score (nSPS) is 52.5. The van der Waals surface area contributed by atoms with Crippen molar-refractivity contribution in [2.45, 2.75) is 38.1 Å². The molecule has 1 unspecified atom stereocenters. The van der Waals surface area contributed by atoms with Crippen LogP contribution in [0.15, 0.2) is 0 Å². The molecule has 3 rings (SSSR count). The Balaban J connectivity index is 1.86. The van der Waals surface area contributed by atoms with Gasteiger partial charge in [0.1, 0.15) is 5.54 Å². The predicted octanol–water partition coefficient (Wildman–Crippen LogP) is -0.973. The lowest BCUT2D eigenvalue weighted by molar-refractivity contribution is -0.978. The van der Waals surface area contributed by atoms with Gasteiger partial charge in [-0.2, -0.15) is 0 Å². The van der Waals surface area contributed by atoms with E-state index in [1.54, 1.807) is 0 Å². The van der Waals surface area contributed by atoms with Gasteiger partial charge in [0.2, 0.25) is 0 Å². The van der Waals surface area contributed by atoms with Gasteiger partial charge in [0, 0.05) is 6.42 Å². The Morgan fingerprint density at radius 3 is 3.14 bits per heavy atom. The minimum Gasteiger partial charge on any atom is -0.345 e. The van der Waals surface area contributed by atoms with Gasteiger partial charge in [0.25, 0.3) is 0 Å². The van der Waals surface area contributed by atoms with Crippen molar-refractivity contribution in [3.05, 3.63) is 0 Å². The average molecular weight is 196 g/mol. The van der Waals surface area contributed by atoms with Crippen LogP contribution >= 0.6 is 0 Å². The Bertz CT molecular complexity index is 222. The molecule has 2 nitrogen and oxygen atoms in total. The fourth-order valence-electron chi connectivity index (χ4n) is 4.28.